The van der Waals surface area contributed by atoms with E-state index < -0.39 is 0 Å². The van der Waals surface area contributed by atoms with Gasteiger partial charge in [0, 0.05) is 0 Å². The van der Waals surface area contributed by atoms with E-state index in [-0.39, 0.29) is 0 Å². The molecule has 0 aliphatic heterocycles. The lowest BCUT2D eigenvalue weighted by Gasteiger charge is -2.17. The van der Waals surface area contributed by atoms with Gasteiger partial charge in [-0.1, -0.05) is 46.3 Å². The van der Waals surface area contributed by atoms with Gasteiger partial charge in [-0.2, -0.15) is 0 Å². The molecule has 1 aliphatic rings. The first kappa shape index (κ1) is 12.8. The predicted molar refractivity (Wildman–Crippen MR) is 68.9 cm³/mol. The van der Waals surface area contributed by atoms with Crippen LogP contribution in [0.5, 0.6) is 0 Å². The maximum atomic E-state index is 4.12. The molecule has 0 aromatic rings. The third-order valence-corrected chi connectivity index (χ3v) is 4.57. The van der Waals surface area contributed by atoms with Gasteiger partial charge in [-0.3, -0.25) is 0 Å². The van der Waals surface area contributed by atoms with Gasteiger partial charge in [-0.15, -0.1) is 0 Å². The molecule has 0 saturated heterocycles. The van der Waals surface area contributed by atoms with E-state index in [2.05, 4.69) is 41.2 Å². The molecule has 0 nitrogen and oxygen atoms in total. The van der Waals surface area contributed by atoms with Crippen molar-refractivity contribution in [2.45, 2.75) is 60.3 Å². The zero-order chi connectivity index (χ0) is 11.6. The lowest BCUT2D eigenvalue weighted by Crippen LogP contribution is -2.06. The van der Waals surface area contributed by atoms with E-state index in [4.69, 9.17) is 0 Å². The lowest BCUT2D eigenvalue weighted by molar-refractivity contribution is 0.358. The second-order valence-electron chi connectivity index (χ2n) is 6.19. The van der Waals surface area contributed by atoms with Crippen molar-refractivity contribution >= 4 is 0 Å². The van der Waals surface area contributed by atoms with E-state index in [1.165, 1.54) is 31.3 Å². The summed E-state index contributed by atoms with van der Waals surface area (Å²) in [5.41, 5.74) is 1.88. The normalized spacial score (nSPS) is 33.5. The van der Waals surface area contributed by atoms with Crippen LogP contribution in [0, 0.1) is 23.2 Å². The van der Waals surface area contributed by atoms with Gasteiger partial charge >= 0.3 is 0 Å². The van der Waals surface area contributed by atoms with Crippen LogP contribution in [0.4, 0.5) is 0 Å². The molecular formula is C15H28. The molecule has 1 aliphatic carbocycles. The molecule has 1 rings (SSSR count). The molecule has 88 valence electrons. The van der Waals surface area contributed by atoms with E-state index in [0.29, 0.717) is 5.41 Å². The molecule has 0 bridgehead atoms. The Morgan fingerprint density at radius 2 is 2.00 bits per heavy atom. The largest absolute Gasteiger partial charge is 0.0996 e. The molecule has 0 amide bonds. The smallest absolute Gasteiger partial charge is 0.00902 e. The van der Waals surface area contributed by atoms with Crippen LogP contribution in [-0.4, -0.2) is 0 Å². The van der Waals surface area contributed by atoms with E-state index >= 15 is 0 Å². The second-order valence-corrected chi connectivity index (χ2v) is 6.19. The van der Waals surface area contributed by atoms with Gasteiger partial charge in [-0.05, 0) is 49.4 Å². The predicted octanol–water partition coefficient (Wildman–Crippen LogP) is 5.05. The minimum absolute atomic E-state index is 0.490. The topological polar surface area (TPSA) is 0 Å². The molecule has 0 spiro atoms. The van der Waals surface area contributed by atoms with Gasteiger partial charge in [0.2, 0.25) is 0 Å². The minimum Gasteiger partial charge on any atom is -0.0996 e. The Hall–Kier alpha value is -0.260. The van der Waals surface area contributed by atoms with E-state index in [1.807, 2.05) is 0 Å². The second kappa shape index (κ2) is 4.72. The van der Waals surface area contributed by atoms with Crippen LogP contribution in [0.2, 0.25) is 0 Å². The average molecular weight is 208 g/mol. The highest BCUT2D eigenvalue weighted by Gasteiger charge is 2.50. The summed E-state index contributed by atoms with van der Waals surface area (Å²) in [5, 5.41) is 0. The molecule has 1 saturated carbocycles. The van der Waals surface area contributed by atoms with Gasteiger partial charge in [0.05, 0.1) is 0 Å². The summed E-state index contributed by atoms with van der Waals surface area (Å²) in [7, 11) is 0. The quantitative estimate of drug-likeness (QED) is 0.536. The maximum absolute atomic E-state index is 4.12. The summed E-state index contributed by atoms with van der Waals surface area (Å²) >= 11 is 0. The van der Waals surface area contributed by atoms with Gasteiger partial charge < -0.3 is 0 Å². The lowest BCUT2D eigenvalue weighted by atomic mass is 9.88. The Kier molecular flexibility index (Phi) is 4.03. The van der Waals surface area contributed by atoms with E-state index in [9.17, 15) is 0 Å². The number of allylic oxidation sites excluding steroid dienone is 1. The van der Waals surface area contributed by atoms with Crippen molar-refractivity contribution in [1.29, 1.82) is 0 Å². The number of hydrogen-bond acceptors (Lipinski definition) is 0. The highest BCUT2D eigenvalue weighted by Crippen LogP contribution is 2.59. The molecule has 1 fully saturated rings. The highest BCUT2D eigenvalue weighted by atomic mass is 14.5. The summed E-state index contributed by atoms with van der Waals surface area (Å²) in [5.74, 6) is 2.72. The first-order valence-electron chi connectivity index (χ1n) is 6.56. The van der Waals surface area contributed by atoms with E-state index in [1.54, 1.807) is 0 Å². The summed E-state index contributed by atoms with van der Waals surface area (Å²) in [6, 6.07) is 0. The minimum atomic E-state index is 0.490. The van der Waals surface area contributed by atoms with Crippen molar-refractivity contribution in [3.63, 3.8) is 0 Å². The molecule has 15 heavy (non-hydrogen) atoms. The third-order valence-electron chi connectivity index (χ3n) is 4.57. The maximum Gasteiger partial charge on any atom is -0.00902 e. The zero-order valence-electron chi connectivity index (χ0n) is 11.3. The van der Waals surface area contributed by atoms with Crippen LogP contribution in [0.1, 0.15) is 60.3 Å². The number of rotatable bonds is 6. The summed E-state index contributed by atoms with van der Waals surface area (Å²) in [4.78, 5) is 0. The first-order chi connectivity index (χ1) is 6.90. The molecule has 0 aromatic heterocycles. The zero-order valence-corrected chi connectivity index (χ0v) is 11.3. The van der Waals surface area contributed by atoms with Gasteiger partial charge in [-0.25, -0.2) is 0 Å². The van der Waals surface area contributed by atoms with Crippen LogP contribution in [0.25, 0.3) is 0 Å². The third kappa shape index (κ3) is 3.09. The Morgan fingerprint density at radius 3 is 2.40 bits per heavy atom. The van der Waals surface area contributed by atoms with Crippen molar-refractivity contribution in [1.82, 2.24) is 0 Å². The van der Waals surface area contributed by atoms with Gasteiger partial charge in [0.25, 0.3) is 0 Å². The van der Waals surface area contributed by atoms with Crippen molar-refractivity contribution in [3.8, 4) is 0 Å². The van der Waals surface area contributed by atoms with Crippen molar-refractivity contribution < 1.29 is 0 Å². The standard InChI is InChI=1S/C15H28/c1-7-12(4)8-13(5)9-14-10-15(14,6)11(2)3/h12-14H,2,7-10H2,1,3-6H3. The highest BCUT2D eigenvalue weighted by molar-refractivity contribution is 5.18. The molecule has 4 atom stereocenters. The molecule has 0 aromatic carbocycles. The van der Waals surface area contributed by atoms with Crippen LogP contribution < -0.4 is 0 Å². The molecule has 0 heterocycles. The fraction of sp³-hybridized carbons (Fsp3) is 0.867. The molecule has 0 radical (unpaired) electrons. The van der Waals surface area contributed by atoms with Crippen LogP contribution in [0.3, 0.4) is 0 Å². The van der Waals surface area contributed by atoms with Crippen molar-refractivity contribution in [3.05, 3.63) is 12.2 Å². The summed E-state index contributed by atoms with van der Waals surface area (Å²) in [6.45, 7) is 15.8. The van der Waals surface area contributed by atoms with Crippen molar-refractivity contribution in [2.24, 2.45) is 23.2 Å². The van der Waals surface area contributed by atoms with Crippen LogP contribution in [0.15, 0.2) is 12.2 Å². The van der Waals surface area contributed by atoms with E-state index in [0.717, 1.165) is 17.8 Å². The average Bonchev–Trinajstić information content (AvgIpc) is 2.78. The molecular weight excluding hydrogens is 180 g/mol. The Morgan fingerprint density at radius 1 is 1.40 bits per heavy atom. The van der Waals surface area contributed by atoms with Crippen molar-refractivity contribution in [2.75, 3.05) is 0 Å². The summed E-state index contributed by atoms with van der Waals surface area (Å²) < 4.78 is 0. The van der Waals surface area contributed by atoms with Gasteiger partial charge in [0.1, 0.15) is 0 Å². The van der Waals surface area contributed by atoms with Crippen LogP contribution in [-0.2, 0) is 0 Å². The first-order valence-corrected chi connectivity index (χ1v) is 6.56. The molecule has 0 heteroatoms. The monoisotopic (exact) mass is 208 g/mol. The fourth-order valence-corrected chi connectivity index (χ4v) is 2.75. The number of hydrogen-bond donors (Lipinski definition) is 0. The Labute approximate surface area is 96.2 Å². The van der Waals surface area contributed by atoms with Crippen LogP contribution >= 0.6 is 0 Å². The Bertz CT molecular complexity index is 228. The molecule has 0 N–H and O–H groups in total. The van der Waals surface area contributed by atoms with Gasteiger partial charge in [0.15, 0.2) is 0 Å². The molecule has 4 unspecified atom stereocenters. The Balaban J connectivity index is 2.30. The summed E-state index contributed by atoms with van der Waals surface area (Å²) in [6.07, 6.45) is 5.52. The fourth-order valence-electron chi connectivity index (χ4n) is 2.75. The SMILES string of the molecule is C=C(C)C1(C)CC1CC(C)CC(C)CC.